The summed E-state index contributed by atoms with van der Waals surface area (Å²) >= 11 is 0. The van der Waals surface area contributed by atoms with E-state index in [1.165, 1.54) is 50.5 Å². The molecule has 2 atom stereocenters. The maximum absolute atomic E-state index is 14.6. The summed E-state index contributed by atoms with van der Waals surface area (Å²) in [6.45, 7) is 3.85. The summed E-state index contributed by atoms with van der Waals surface area (Å²) in [6, 6.07) is 9.87. The minimum atomic E-state index is -0.738. The Kier molecular flexibility index (Phi) is 8.10. The van der Waals surface area contributed by atoms with Crippen LogP contribution in [0.4, 0.5) is 14.6 Å². The standard InChI is InChI=1S/C28H19FN6O4.C7H12FN/c1-4-18-20(29)7-6-16-9-17(36)10-19(22(16)18)25-14(2)24-23(27(37)39-25)26(34-28(33-24)38-3)30-11-15-5-8-21-31-13-32-35(21)12-15;8-6-4-7-2-1-3-9(7)5-6/h1,5-10,12-13,36H,11H2,2-3H3,(H,30,33,34);6-7H,1-5H2. The van der Waals surface area contributed by atoms with Gasteiger partial charge in [0.2, 0.25) is 0 Å². The first kappa shape index (κ1) is 31.0. The van der Waals surface area contributed by atoms with Gasteiger partial charge in [-0.15, -0.1) is 6.42 Å². The van der Waals surface area contributed by atoms with Crippen molar-refractivity contribution in [1.29, 1.82) is 0 Å². The van der Waals surface area contributed by atoms with Crippen LogP contribution < -0.4 is 15.7 Å². The number of pyridine rings is 1. The summed E-state index contributed by atoms with van der Waals surface area (Å²) in [6.07, 6.45) is 11.7. The average Bonchev–Trinajstić information content (AvgIpc) is 3.82. The van der Waals surface area contributed by atoms with Gasteiger partial charge >= 0.3 is 11.6 Å². The SMILES string of the molecule is C#Cc1c(F)ccc2cc(O)cc(-c3oc(=O)c4c(NCc5ccc6ncnn6c5)nc(OC)nc4c3C)c12.FC1CC2CCCN2C1. The van der Waals surface area contributed by atoms with Gasteiger partial charge in [0.25, 0.3) is 0 Å². The maximum atomic E-state index is 14.6. The lowest BCUT2D eigenvalue weighted by Crippen LogP contribution is -2.22. The highest BCUT2D eigenvalue weighted by Gasteiger charge is 2.34. The van der Waals surface area contributed by atoms with Crippen LogP contribution in [0.2, 0.25) is 0 Å². The molecule has 2 aliphatic heterocycles. The Bertz CT molecular complexity index is 2290. The van der Waals surface area contributed by atoms with E-state index in [0.717, 1.165) is 18.5 Å². The van der Waals surface area contributed by atoms with E-state index in [0.29, 0.717) is 41.1 Å². The van der Waals surface area contributed by atoms with Crippen LogP contribution in [0.15, 0.2) is 58.1 Å². The Morgan fingerprint density at radius 1 is 1.21 bits per heavy atom. The second-order valence-electron chi connectivity index (χ2n) is 11.9. The van der Waals surface area contributed by atoms with Crippen molar-refractivity contribution < 1.29 is 23.0 Å². The van der Waals surface area contributed by atoms with E-state index >= 15 is 0 Å². The summed E-state index contributed by atoms with van der Waals surface area (Å²) in [7, 11) is 1.41. The third-order valence-corrected chi connectivity index (χ3v) is 8.86. The average molecular weight is 652 g/mol. The molecular formula is C35H31F2N7O4. The molecule has 48 heavy (non-hydrogen) atoms. The van der Waals surface area contributed by atoms with Crippen molar-refractivity contribution in [2.75, 3.05) is 25.5 Å². The lowest BCUT2D eigenvalue weighted by molar-refractivity contribution is 0.292. The molecule has 0 bridgehead atoms. The molecule has 2 fully saturated rings. The van der Waals surface area contributed by atoms with E-state index in [1.54, 1.807) is 17.6 Å². The molecule has 6 heterocycles. The third-order valence-electron chi connectivity index (χ3n) is 8.86. The van der Waals surface area contributed by atoms with E-state index in [4.69, 9.17) is 15.6 Å². The lowest BCUT2D eigenvalue weighted by Gasteiger charge is -2.15. The number of ether oxygens (including phenoxy) is 1. The molecule has 2 aromatic carbocycles. The quantitative estimate of drug-likeness (QED) is 0.234. The molecule has 2 saturated heterocycles. The second kappa shape index (κ2) is 12.5. The van der Waals surface area contributed by atoms with Crippen LogP contribution in [-0.4, -0.2) is 67.0 Å². The number of alkyl halides is 1. The zero-order valence-corrected chi connectivity index (χ0v) is 26.2. The number of hydrogen-bond acceptors (Lipinski definition) is 10. The molecule has 244 valence electrons. The number of terminal acetylenes is 1. The van der Waals surface area contributed by atoms with Crippen LogP contribution in [0.5, 0.6) is 11.8 Å². The highest BCUT2D eigenvalue weighted by Crippen LogP contribution is 2.39. The van der Waals surface area contributed by atoms with Gasteiger partial charge in [0.1, 0.15) is 41.0 Å². The molecule has 0 aliphatic carbocycles. The summed E-state index contributed by atoms with van der Waals surface area (Å²) in [4.78, 5) is 28.6. The lowest BCUT2D eigenvalue weighted by atomic mass is 9.95. The molecule has 0 radical (unpaired) electrons. The first-order valence-corrected chi connectivity index (χ1v) is 15.5. The van der Waals surface area contributed by atoms with E-state index < -0.39 is 17.6 Å². The van der Waals surface area contributed by atoms with Crippen molar-refractivity contribution in [1.82, 2.24) is 29.5 Å². The van der Waals surface area contributed by atoms with E-state index in [2.05, 4.69) is 36.2 Å². The predicted octanol–water partition coefficient (Wildman–Crippen LogP) is 5.39. The van der Waals surface area contributed by atoms with Crippen molar-refractivity contribution in [2.24, 2.45) is 0 Å². The molecule has 11 nitrogen and oxygen atoms in total. The number of fused-ring (bicyclic) bond motifs is 4. The number of anilines is 1. The molecule has 6 aromatic rings. The van der Waals surface area contributed by atoms with E-state index in [9.17, 15) is 18.7 Å². The molecule has 2 N–H and O–H groups in total. The number of halogens is 2. The summed E-state index contributed by atoms with van der Waals surface area (Å²) < 4.78 is 40.0. The fourth-order valence-corrected chi connectivity index (χ4v) is 6.63. The molecule has 0 spiro atoms. The summed E-state index contributed by atoms with van der Waals surface area (Å²) in [5, 5.41) is 18.6. The molecule has 2 aliphatic rings. The molecule has 0 saturated carbocycles. The number of benzene rings is 2. The van der Waals surface area contributed by atoms with Crippen molar-refractivity contribution in [3.05, 3.63) is 81.9 Å². The summed E-state index contributed by atoms with van der Waals surface area (Å²) in [5.74, 6) is 1.93. The van der Waals surface area contributed by atoms with Gasteiger partial charge in [0.05, 0.1) is 18.2 Å². The van der Waals surface area contributed by atoms with E-state index in [-0.39, 0.29) is 45.4 Å². The van der Waals surface area contributed by atoms with Crippen LogP contribution in [0.3, 0.4) is 0 Å². The Balaban J connectivity index is 0.000000347. The number of aromatic nitrogens is 5. The number of methoxy groups -OCH3 is 1. The van der Waals surface area contributed by atoms with Crippen LogP contribution in [0.1, 0.15) is 36.0 Å². The fourth-order valence-electron chi connectivity index (χ4n) is 6.63. The number of hydrogen-bond donors (Lipinski definition) is 2. The molecule has 4 aromatic heterocycles. The first-order chi connectivity index (χ1) is 23.2. The van der Waals surface area contributed by atoms with Gasteiger partial charge in [0, 0.05) is 41.8 Å². The smallest absolute Gasteiger partial charge is 0.349 e. The number of nitrogens with zero attached hydrogens (tertiary/aromatic N) is 6. The normalized spacial score (nSPS) is 17.3. The number of phenols is 1. The van der Waals surface area contributed by atoms with E-state index in [1.807, 2.05) is 12.1 Å². The zero-order valence-electron chi connectivity index (χ0n) is 26.2. The highest BCUT2D eigenvalue weighted by atomic mass is 19.1. The minimum Gasteiger partial charge on any atom is -0.508 e. The molecule has 13 heteroatoms. The van der Waals surface area contributed by atoms with Gasteiger partial charge in [-0.3, -0.25) is 4.90 Å². The van der Waals surface area contributed by atoms with Crippen molar-refractivity contribution >= 4 is 33.1 Å². The van der Waals surface area contributed by atoms with Crippen molar-refractivity contribution in [3.63, 3.8) is 0 Å². The zero-order chi connectivity index (χ0) is 33.5. The van der Waals surface area contributed by atoms with Gasteiger partial charge in [0.15, 0.2) is 5.65 Å². The van der Waals surface area contributed by atoms with Crippen LogP contribution in [-0.2, 0) is 6.54 Å². The Hall–Kier alpha value is -5.61. The molecular weight excluding hydrogens is 620 g/mol. The number of aryl methyl sites for hydroxylation is 1. The fraction of sp³-hybridized carbons (Fsp3) is 0.286. The Labute approximate surface area is 273 Å². The van der Waals surface area contributed by atoms with Crippen LogP contribution in [0.25, 0.3) is 38.6 Å². The van der Waals surface area contributed by atoms with Crippen molar-refractivity contribution in [2.45, 2.75) is 44.9 Å². The maximum Gasteiger partial charge on any atom is 0.349 e. The first-order valence-electron chi connectivity index (χ1n) is 15.5. The van der Waals surface area contributed by atoms with Gasteiger partial charge < -0.3 is 19.6 Å². The van der Waals surface area contributed by atoms with Gasteiger partial charge in [-0.05, 0) is 67.9 Å². The monoisotopic (exact) mass is 651 g/mol. The predicted molar refractivity (Wildman–Crippen MR) is 176 cm³/mol. The van der Waals surface area contributed by atoms with Crippen molar-refractivity contribution in [3.8, 4) is 35.4 Å². The van der Waals surface area contributed by atoms with Gasteiger partial charge in [-0.1, -0.05) is 18.1 Å². The molecule has 8 rings (SSSR count). The van der Waals surface area contributed by atoms with Gasteiger partial charge in [-0.25, -0.2) is 23.1 Å². The highest BCUT2D eigenvalue weighted by molar-refractivity contribution is 6.03. The third kappa shape index (κ3) is 5.64. The topological polar surface area (TPSA) is 131 Å². The van der Waals surface area contributed by atoms with Crippen LogP contribution in [0, 0.1) is 25.1 Å². The molecule has 2 unspecified atom stereocenters. The largest absolute Gasteiger partial charge is 0.508 e. The summed E-state index contributed by atoms with van der Waals surface area (Å²) in [5.41, 5.74) is 1.75. The Morgan fingerprint density at radius 2 is 2.06 bits per heavy atom. The Morgan fingerprint density at radius 3 is 2.85 bits per heavy atom. The van der Waals surface area contributed by atoms with Gasteiger partial charge in [-0.2, -0.15) is 15.1 Å². The van der Waals surface area contributed by atoms with Crippen LogP contribution >= 0.6 is 0 Å². The number of phenolic OH excluding ortho intramolecular Hbond substituents is 1. The molecule has 0 amide bonds. The number of nitrogens with one attached hydrogen (secondary N) is 1. The number of aromatic hydroxyl groups is 1. The minimum absolute atomic E-state index is 0.0170. The second-order valence-corrected chi connectivity index (χ2v) is 11.9. The number of rotatable bonds is 5.